The fraction of sp³-hybridized carbons (Fsp3) is 0.500. The van der Waals surface area contributed by atoms with Crippen LogP contribution in [0.3, 0.4) is 0 Å². The maximum Gasteiger partial charge on any atom is 0.308 e. The first-order chi connectivity index (χ1) is 13.1. The van der Waals surface area contributed by atoms with Gasteiger partial charge in [-0.15, -0.1) is 0 Å². The summed E-state index contributed by atoms with van der Waals surface area (Å²) in [6, 6.07) is 9.40. The number of benzene rings is 1. The summed E-state index contributed by atoms with van der Waals surface area (Å²) in [6.45, 7) is 0.0974. The second-order valence-corrected chi connectivity index (χ2v) is 7.06. The van der Waals surface area contributed by atoms with Crippen molar-refractivity contribution in [2.24, 2.45) is 5.92 Å². The van der Waals surface area contributed by atoms with Gasteiger partial charge in [0.1, 0.15) is 0 Å². The number of carbonyl (C=O) groups excluding carboxylic acids is 1. The van der Waals surface area contributed by atoms with E-state index in [1.807, 2.05) is 30.3 Å². The Morgan fingerprint density at radius 1 is 1.22 bits per heavy atom. The fourth-order valence-corrected chi connectivity index (χ4v) is 3.41. The topological polar surface area (TPSA) is 105 Å². The van der Waals surface area contributed by atoms with Crippen LogP contribution >= 0.6 is 0 Å². The molecule has 1 aromatic heterocycles. The molecule has 0 aliphatic heterocycles. The Morgan fingerprint density at radius 2 is 1.96 bits per heavy atom. The number of aryl methyl sites for hydroxylation is 1. The van der Waals surface area contributed by atoms with Gasteiger partial charge < -0.3 is 14.9 Å². The molecule has 7 nitrogen and oxygen atoms in total. The van der Waals surface area contributed by atoms with Crippen LogP contribution in [0.5, 0.6) is 0 Å². The number of carboxylic acid groups (broad SMARTS) is 1. The molecule has 1 aliphatic rings. The highest BCUT2D eigenvalue weighted by Crippen LogP contribution is 2.32. The first kappa shape index (κ1) is 19.1. The van der Waals surface area contributed by atoms with Gasteiger partial charge in [-0.25, -0.2) is 0 Å². The van der Waals surface area contributed by atoms with Gasteiger partial charge in [0.2, 0.25) is 11.8 Å². The SMILES string of the molecule is O=C(CCc1nc(C2CCCC2)no1)NCC(Cc1ccccc1)C(=O)O. The van der Waals surface area contributed by atoms with Crippen LogP contribution in [-0.2, 0) is 22.4 Å². The number of nitrogens with one attached hydrogen (secondary N) is 1. The molecule has 1 aliphatic carbocycles. The number of nitrogens with zero attached hydrogens (tertiary/aromatic N) is 2. The van der Waals surface area contributed by atoms with E-state index in [1.165, 1.54) is 12.8 Å². The van der Waals surface area contributed by atoms with Crippen molar-refractivity contribution in [2.45, 2.75) is 50.9 Å². The maximum absolute atomic E-state index is 12.1. The van der Waals surface area contributed by atoms with Crippen molar-refractivity contribution < 1.29 is 19.2 Å². The molecule has 0 spiro atoms. The van der Waals surface area contributed by atoms with E-state index >= 15 is 0 Å². The average Bonchev–Trinajstić information content (AvgIpc) is 3.35. The Morgan fingerprint density at radius 3 is 2.67 bits per heavy atom. The molecule has 1 fully saturated rings. The van der Waals surface area contributed by atoms with Crippen LogP contribution in [0.2, 0.25) is 0 Å². The molecule has 27 heavy (non-hydrogen) atoms. The predicted octanol–water partition coefficient (Wildman–Crippen LogP) is 2.72. The number of carbonyl (C=O) groups is 2. The molecule has 1 heterocycles. The number of aromatic nitrogens is 2. The molecule has 7 heteroatoms. The average molecular weight is 371 g/mol. The van der Waals surface area contributed by atoms with Crippen LogP contribution in [0.15, 0.2) is 34.9 Å². The molecule has 2 N–H and O–H groups in total. The minimum atomic E-state index is -0.919. The highest BCUT2D eigenvalue weighted by molar-refractivity contribution is 5.77. The Labute approximate surface area is 158 Å². The molecule has 0 radical (unpaired) electrons. The molecule has 0 saturated heterocycles. The van der Waals surface area contributed by atoms with E-state index in [-0.39, 0.29) is 18.9 Å². The second kappa shape index (κ2) is 9.30. The Kier molecular flexibility index (Phi) is 6.57. The number of amides is 1. The zero-order chi connectivity index (χ0) is 19.1. The van der Waals surface area contributed by atoms with Gasteiger partial charge in [0.05, 0.1) is 5.92 Å². The van der Waals surface area contributed by atoms with Crippen LogP contribution in [0.1, 0.15) is 55.3 Å². The summed E-state index contributed by atoms with van der Waals surface area (Å²) in [6.07, 6.45) is 5.53. The monoisotopic (exact) mass is 371 g/mol. The molecule has 0 bridgehead atoms. The van der Waals surface area contributed by atoms with Crippen LogP contribution in [0.4, 0.5) is 0 Å². The quantitative estimate of drug-likeness (QED) is 0.702. The van der Waals surface area contributed by atoms with Gasteiger partial charge in [-0.1, -0.05) is 48.3 Å². The van der Waals surface area contributed by atoms with E-state index < -0.39 is 11.9 Å². The minimum absolute atomic E-state index is 0.0974. The Balaban J connectivity index is 1.43. The number of aliphatic carboxylic acids is 1. The van der Waals surface area contributed by atoms with Gasteiger partial charge in [0.25, 0.3) is 0 Å². The van der Waals surface area contributed by atoms with Crippen molar-refractivity contribution in [1.82, 2.24) is 15.5 Å². The highest BCUT2D eigenvalue weighted by atomic mass is 16.5. The molecule has 1 atom stereocenters. The zero-order valence-corrected chi connectivity index (χ0v) is 15.3. The third-order valence-corrected chi connectivity index (χ3v) is 4.99. The molecule has 1 amide bonds. The lowest BCUT2D eigenvalue weighted by molar-refractivity contribution is -0.141. The van der Waals surface area contributed by atoms with E-state index in [1.54, 1.807) is 0 Å². The van der Waals surface area contributed by atoms with Crippen molar-refractivity contribution in [3.63, 3.8) is 0 Å². The molecule has 1 saturated carbocycles. The molecule has 1 unspecified atom stereocenters. The second-order valence-electron chi connectivity index (χ2n) is 7.06. The van der Waals surface area contributed by atoms with Gasteiger partial charge in [0, 0.05) is 25.3 Å². The summed E-state index contributed by atoms with van der Waals surface area (Å²) >= 11 is 0. The number of hydrogen-bond donors (Lipinski definition) is 2. The first-order valence-corrected chi connectivity index (χ1v) is 9.47. The third kappa shape index (κ3) is 5.64. The van der Waals surface area contributed by atoms with Crippen LogP contribution in [0.25, 0.3) is 0 Å². The first-order valence-electron chi connectivity index (χ1n) is 9.47. The van der Waals surface area contributed by atoms with E-state index in [4.69, 9.17) is 4.52 Å². The van der Waals surface area contributed by atoms with Crippen LogP contribution < -0.4 is 5.32 Å². The van der Waals surface area contributed by atoms with Crippen molar-refractivity contribution in [2.75, 3.05) is 6.54 Å². The van der Waals surface area contributed by atoms with E-state index in [0.29, 0.717) is 24.7 Å². The lowest BCUT2D eigenvalue weighted by atomic mass is 9.99. The summed E-state index contributed by atoms with van der Waals surface area (Å²) in [5, 5.41) is 16.1. The van der Waals surface area contributed by atoms with Gasteiger partial charge >= 0.3 is 5.97 Å². The molecular formula is C20H25N3O4. The third-order valence-electron chi connectivity index (χ3n) is 4.99. The van der Waals surface area contributed by atoms with Crippen molar-refractivity contribution in [1.29, 1.82) is 0 Å². The summed E-state index contributed by atoms with van der Waals surface area (Å²) in [5.74, 6) is -0.200. The van der Waals surface area contributed by atoms with E-state index in [9.17, 15) is 14.7 Å². The van der Waals surface area contributed by atoms with Gasteiger partial charge in [-0.05, 0) is 24.8 Å². The normalized spacial score (nSPS) is 15.6. The largest absolute Gasteiger partial charge is 0.481 e. The summed E-state index contributed by atoms with van der Waals surface area (Å²) < 4.78 is 5.24. The Bertz CT molecular complexity index is 754. The number of carboxylic acids is 1. The lowest BCUT2D eigenvalue weighted by Crippen LogP contribution is -2.34. The van der Waals surface area contributed by atoms with Gasteiger partial charge in [0.15, 0.2) is 5.82 Å². The molecule has 144 valence electrons. The van der Waals surface area contributed by atoms with Crippen molar-refractivity contribution >= 4 is 11.9 Å². The predicted molar refractivity (Wildman–Crippen MR) is 98.1 cm³/mol. The molecule has 1 aromatic carbocycles. The summed E-state index contributed by atoms with van der Waals surface area (Å²) in [4.78, 5) is 27.9. The maximum atomic E-state index is 12.1. The summed E-state index contributed by atoms with van der Waals surface area (Å²) in [5.41, 5.74) is 0.935. The van der Waals surface area contributed by atoms with Crippen molar-refractivity contribution in [3.8, 4) is 0 Å². The lowest BCUT2D eigenvalue weighted by Gasteiger charge is -2.13. The van der Waals surface area contributed by atoms with Crippen LogP contribution in [0, 0.1) is 5.92 Å². The smallest absolute Gasteiger partial charge is 0.308 e. The zero-order valence-electron chi connectivity index (χ0n) is 15.3. The van der Waals surface area contributed by atoms with Crippen molar-refractivity contribution in [3.05, 3.63) is 47.6 Å². The number of hydrogen-bond acceptors (Lipinski definition) is 5. The number of rotatable bonds is 9. The standard InChI is InChI=1S/C20H25N3O4/c24-17(10-11-18-22-19(23-27-18)15-8-4-5-9-15)21-13-16(20(25)26)12-14-6-2-1-3-7-14/h1-3,6-7,15-16H,4-5,8-13H2,(H,21,24)(H,25,26). The fourth-order valence-electron chi connectivity index (χ4n) is 3.41. The molecule has 2 aromatic rings. The van der Waals surface area contributed by atoms with Gasteiger partial charge in [-0.3, -0.25) is 9.59 Å². The Hall–Kier alpha value is -2.70. The highest BCUT2D eigenvalue weighted by Gasteiger charge is 2.23. The van der Waals surface area contributed by atoms with E-state index in [2.05, 4.69) is 15.5 Å². The van der Waals surface area contributed by atoms with E-state index in [0.717, 1.165) is 24.2 Å². The molecular weight excluding hydrogens is 346 g/mol. The van der Waals surface area contributed by atoms with Gasteiger partial charge in [-0.2, -0.15) is 4.98 Å². The summed E-state index contributed by atoms with van der Waals surface area (Å²) in [7, 11) is 0. The van der Waals surface area contributed by atoms with Crippen LogP contribution in [-0.4, -0.2) is 33.7 Å². The minimum Gasteiger partial charge on any atom is -0.481 e. The molecule has 3 rings (SSSR count).